The van der Waals surface area contributed by atoms with Gasteiger partial charge in [-0.25, -0.2) is 19.9 Å². The van der Waals surface area contributed by atoms with Crippen LogP contribution in [0.1, 0.15) is 36.1 Å². The fourth-order valence-corrected chi connectivity index (χ4v) is 4.25. The van der Waals surface area contributed by atoms with E-state index in [9.17, 15) is 0 Å². The lowest BCUT2D eigenvalue weighted by Gasteiger charge is -2.24. The summed E-state index contributed by atoms with van der Waals surface area (Å²) in [5, 5.41) is 0. The minimum absolute atomic E-state index is 0.312. The highest BCUT2D eigenvalue weighted by Gasteiger charge is 2.45. The SMILES string of the molecule is COc1cc2c(cc1OC)C1CCC2N1c1cnc(-c2ncccn2)nc1. The van der Waals surface area contributed by atoms with Gasteiger partial charge in [-0.15, -0.1) is 0 Å². The Hall–Kier alpha value is -3.22. The molecule has 2 atom stereocenters. The number of fused-ring (bicyclic) bond motifs is 5. The van der Waals surface area contributed by atoms with Gasteiger partial charge < -0.3 is 14.4 Å². The first-order valence-electron chi connectivity index (χ1n) is 8.93. The quantitative estimate of drug-likeness (QED) is 0.705. The van der Waals surface area contributed by atoms with Crippen LogP contribution in [0.15, 0.2) is 43.0 Å². The van der Waals surface area contributed by atoms with Gasteiger partial charge in [-0.3, -0.25) is 0 Å². The minimum atomic E-state index is 0.312. The number of nitrogens with zero attached hydrogens (tertiary/aromatic N) is 5. The first-order chi connectivity index (χ1) is 13.3. The third-order valence-electron chi connectivity index (χ3n) is 5.39. The van der Waals surface area contributed by atoms with E-state index in [0.717, 1.165) is 30.0 Å². The first-order valence-corrected chi connectivity index (χ1v) is 8.93. The largest absolute Gasteiger partial charge is 0.493 e. The highest BCUT2D eigenvalue weighted by atomic mass is 16.5. The van der Waals surface area contributed by atoms with Crippen molar-refractivity contribution in [2.24, 2.45) is 0 Å². The zero-order valence-electron chi connectivity index (χ0n) is 15.2. The van der Waals surface area contributed by atoms with Crippen LogP contribution in [0.4, 0.5) is 5.69 Å². The maximum atomic E-state index is 5.49. The van der Waals surface area contributed by atoms with Gasteiger partial charge in [0.2, 0.25) is 0 Å². The van der Waals surface area contributed by atoms with Crippen molar-refractivity contribution >= 4 is 5.69 Å². The standard InChI is InChI=1S/C20H19N5O2/c1-26-17-8-13-14(9-18(17)27-2)16-5-4-15(13)25(16)12-10-23-20(24-11-12)19-21-6-3-7-22-19/h3,6-11,15-16H,4-5H2,1-2H3. The summed E-state index contributed by atoms with van der Waals surface area (Å²) in [4.78, 5) is 19.8. The topological polar surface area (TPSA) is 73.3 Å². The van der Waals surface area contributed by atoms with Gasteiger partial charge in [-0.2, -0.15) is 0 Å². The summed E-state index contributed by atoms with van der Waals surface area (Å²) in [6.45, 7) is 0. The molecule has 136 valence electrons. The van der Waals surface area contributed by atoms with E-state index in [1.807, 2.05) is 12.4 Å². The second-order valence-electron chi connectivity index (χ2n) is 6.69. The summed E-state index contributed by atoms with van der Waals surface area (Å²) < 4.78 is 11.0. The van der Waals surface area contributed by atoms with Crippen LogP contribution in [-0.4, -0.2) is 34.2 Å². The normalized spacial score (nSPS) is 19.9. The molecule has 2 aliphatic heterocycles. The van der Waals surface area contributed by atoms with Gasteiger partial charge in [0.1, 0.15) is 0 Å². The maximum Gasteiger partial charge on any atom is 0.197 e. The molecule has 4 heterocycles. The van der Waals surface area contributed by atoms with E-state index in [4.69, 9.17) is 9.47 Å². The summed E-state index contributed by atoms with van der Waals surface area (Å²) in [7, 11) is 3.35. The molecule has 0 amide bonds. The number of aromatic nitrogens is 4. The van der Waals surface area contributed by atoms with Crippen LogP contribution in [0, 0.1) is 0 Å². The molecule has 0 aliphatic carbocycles. The Balaban J connectivity index is 1.50. The smallest absolute Gasteiger partial charge is 0.197 e. The van der Waals surface area contributed by atoms with E-state index in [2.05, 4.69) is 37.0 Å². The van der Waals surface area contributed by atoms with E-state index in [0.29, 0.717) is 23.7 Å². The van der Waals surface area contributed by atoms with Gasteiger partial charge in [0.15, 0.2) is 23.1 Å². The van der Waals surface area contributed by atoms with Gasteiger partial charge in [0, 0.05) is 12.4 Å². The number of hydrogen-bond acceptors (Lipinski definition) is 7. The van der Waals surface area contributed by atoms with E-state index < -0.39 is 0 Å². The molecule has 2 bridgehead atoms. The highest BCUT2D eigenvalue weighted by Crippen LogP contribution is 2.56. The van der Waals surface area contributed by atoms with Crippen LogP contribution in [0.3, 0.4) is 0 Å². The molecule has 0 N–H and O–H groups in total. The molecule has 1 saturated heterocycles. The second kappa shape index (κ2) is 6.19. The predicted molar refractivity (Wildman–Crippen MR) is 99.8 cm³/mol. The Kier molecular flexibility index (Phi) is 3.67. The van der Waals surface area contributed by atoms with Crippen molar-refractivity contribution in [2.45, 2.75) is 24.9 Å². The summed E-state index contributed by atoms with van der Waals surface area (Å²) >= 11 is 0. The van der Waals surface area contributed by atoms with E-state index in [1.54, 1.807) is 32.7 Å². The van der Waals surface area contributed by atoms with Crippen molar-refractivity contribution in [3.8, 4) is 23.1 Å². The van der Waals surface area contributed by atoms with Crippen LogP contribution in [0.25, 0.3) is 11.6 Å². The third-order valence-corrected chi connectivity index (χ3v) is 5.39. The van der Waals surface area contributed by atoms with Gasteiger partial charge >= 0.3 is 0 Å². The molecule has 1 aromatic carbocycles. The van der Waals surface area contributed by atoms with E-state index in [1.165, 1.54) is 11.1 Å². The molecule has 2 aliphatic rings. The molecule has 27 heavy (non-hydrogen) atoms. The Morgan fingerprint density at radius 2 is 1.33 bits per heavy atom. The molecule has 3 aromatic rings. The first kappa shape index (κ1) is 16.0. The lowest BCUT2D eigenvalue weighted by molar-refractivity contribution is 0.353. The fraction of sp³-hybridized carbons (Fsp3) is 0.300. The van der Waals surface area contributed by atoms with Crippen molar-refractivity contribution in [1.82, 2.24) is 19.9 Å². The maximum absolute atomic E-state index is 5.49. The molecular weight excluding hydrogens is 342 g/mol. The summed E-state index contributed by atoms with van der Waals surface area (Å²) in [5.41, 5.74) is 3.62. The molecule has 0 radical (unpaired) electrons. The van der Waals surface area contributed by atoms with Crippen LogP contribution < -0.4 is 14.4 Å². The average molecular weight is 361 g/mol. The van der Waals surface area contributed by atoms with Crippen LogP contribution in [0.2, 0.25) is 0 Å². The number of anilines is 1. The fourth-order valence-electron chi connectivity index (χ4n) is 4.25. The van der Waals surface area contributed by atoms with Crippen molar-refractivity contribution in [1.29, 1.82) is 0 Å². The highest BCUT2D eigenvalue weighted by molar-refractivity contribution is 5.62. The van der Waals surface area contributed by atoms with Gasteiger partial charge in [-0.1, -0.05) is 0 Å². The third kappa shape index (κ3) is 2.42. The molecule has 0 saturated carbocycles. The molecule has 7 heteroatoms. The Labute approximate surface area is 157 Å². The van der Waals surface area contributed by atoms with Crippen LogP contribution in [-0.2, 0) is 0 Å². The Morgan fingerprint density at radius 3 is 1.85 bits per heavy atom. The molecule has 5 rings (SSSR count). The Morgan fingerprint density at radius 1 is 0.815 bits per heavy atom. The molecular formula is C20H19N5O2. The van der Waals surface area contributed by atoms with Gasteiger partial charge in [0.05, 0.1) is 44.4 Å². The van der Waals surface area contributed by atoms with Gasteiger partial charge in [0.25, 0.3) is 0 Å². The van der Waals surface area contributed by atoms with E-state index in [-0.39, 0.29) is 0 Å². The minimum Gasteiger partial charge on any atom is -0.493 e. The average Bonchev–Trinajstić information content (AvgIpc) is 3.30. The molecule has 7 nitrogen and oxygen atoms in total. The molecule has 2 unspecified atom stereocenters. The van der Waals surface area contributed by atoms with Crippen LogP contribution in [0.5, 0.6) is 11.5 Å². The van der Waals surface area contributed by atoms with Crippen molar-refractivity contribution in [2.75, 3.05) is 19.1 Å². The number of hydrogen-bond donors (Lipinski definition) is 0. The number of benzene rings is 1. The van der Waals surface area contributed by atoms with Crippen molar-refractivity contribution in [3.63, 3.8) is 0 Å². The number of rotatable bonds is 4. The lowest BCUT2D eigenvalue weighted by atomic mass is 9.91. The Bertz CT molecular complexity index is 939. The summed E-state index contributed by atoms with van der Waals surface area (Å²) in [6.07, 6.45) is 9.33. The molecule has 0 spiro atoms. The monoisotopic (exact) mass is 361 g/mol. The summed E-state index contributed by atoms with van der Waals surface area (Å²) in [5.74, 6) is 2.62. The molecule has 2 aromatic heterocycles. The van der Waals surface area contributed by atoms with Crippen LogP contribution >= 0.6 is 0 Å². The number of ether oxygens (including phenoxy) is 2. The van der Waals surface area contributed by atoms with Crippen molar-refractivity contribution < 1.29 is 9.47 Å². The number of methoxy groups -OCH3 is 2. The molecule has 1 fully saturated rings. The second-order valence-corrected chi connectivity index (χ2v) is 6.69. The zero-order valence-corrected chi connectivity index (χ0v) is 15.2. The van der Waals surface area contributed by atoms with E-state index >= 15 is 0 Å². The predicted octanol–water partition coefficient (Wildman–Crippen LogP) is 3.35. The summed E-state index contributed by atoms with van der Waals surface area (Å²) in [6, 6.07) is 6.62. The van der Waals surface area contributed by atoms with Gasteiger partial charge in [-0.05, 0) is 42.2 Å². The van der Waals surface area contributed by atoms with Crippen molar-refractivity contribution in [3.05, 3.63) is 54.1 Å². The zero-order chi connectivity index (χ0) is 18.4. The lowest BCUT2D eigenvalue weighted by Crippen LogP contribution is -2.19.